The Bertz CT molecular complexity index is 459. The Morgan fingerprint density at radius 3 is 2.50 bits per heavy atom. The summed E-state index contributed by atoms with van der Waals surface area (Å²) in [6.07, 6.45) is 3.98. The summed E-state index contributed by atoms with van der Waals surface area (Å²) in [5, 5.41) is 9.32. The predicted molar refractivity (Wildman–Crippen MR) is 52.1 cm³/mol. The highest BCUT2D eigenvalue weighted by molar-refractivity contribution is 5.35. The number of halogens is 3. The van der Waals surface area contributed by atoms with Gasteiger partial charge in [-0.25, -0.2) is 0 Å². The van der Waals surface area contributed by atoms with Crippen molar-refractivity contribution in [2.75, 3.05) is 0 Å². The Morgan fingerprint density at radius 2 is 2.06 bits per heavy atom. The Hall–Kier alpha value is -1.85. The van der Waals surface area contributed by atoms with Crippen LogP contribution in [0.25, 0.3) is 0 Å². The SMILES string of the molecule is C#CCc1[nH]c(C(F)(F)F)cc1C(O)C#C. The van der Waals surface area contributed by atoms with Crippen LogP contribution in [0.5, 0.6) is 0 Å². The fourth-order valence-corrected chi connectivity index (χ4v) is 1.25. The van der Waals surface area contributed by atoms with E-state index in [0.717, 1.165) is 6.07 Å². The summed E-state index contributed by atoms with van der Waals surface area (Å²) in [5.74, 6) is 4.13. The molecule has 0 amide bonds. The van der Waals surface area contributed by atoms with Crippen LogP contribution in [0.4, 0.5) is 13.2 Å². The molecule has 1 unspecified atom stereocenters. The fourth-order valence-electron chi connectivity index (χ4n) is 1.25. The maximum atomic E-state index is 12.4. The van der Waals surface area contributed by atoms with E-state index in [1.807, 2.05) is 5.92 Å². The minimum atomic E-state index is -4.52. The second kappa shape index (κ2) is 4.34. The van der Waals surface area contributed by atoms with Crippen LogP contribution in [0.3, 0.4) is 0 Å². The van der Waals surface area contributed by atoms with Gasteiger partial charge in [0, 0.05) is 17.7 Å². The molecule has 0 saturated heterocycles. The lowest BCUT2D eigenvalue weighted by Gasteiger charge is -2.02. The van der Waals surface area contributed by atoms with Gasteiger partial charge in [0.15, 0.2) is 0 Å². The van der Waals surface area contributed by atoms with Gasteiger partial charge in [-0.2, -0.15) is 13.2 Å². The zero-order chi connectivity index (χ0) is 12.3. The van der Waals surface area contributed by atoms with Crippen molar-refractivity contribution in [2.45, 2.75) is 18.7 Å². The molecule has 1 aromatic heterocycles. The molecule has 1 rings (SSSR count). The normalized spacial score (nSPS) is 12.9. The standard InChI is InChI=1S/C11H8F3NO/c1-3-5-8-7(9(16)4-2)6-10(15-8)11(12,13)14/h1-2,6,9,15-16H,5H2. The number of aromatic nitrogens is 1. The van der Waals surface area contributed by atoms with Crippen LogP contribution in [0.1, 0.15) is 23.1 Å². The summed E-state index contributed by atoms with van der Waals surface area (Å²) < 4.78 is 37.1. The number of alkyl halides is 3. The monoisotopic (exact) mass is 227 g/mol. The Morgan fingerprint density at radius 1 is 1.44 bits per heavy atom. The lowest BCUT2D eigenvalue weighted by molar-refractivity contribution is -0.140. The van der Waals surface area contributed by atoms with E-state index in [1.165, 1.54) is 0 Å². The summed E-state index contributed by atoms with van der Waals surface area (Å²) >= 11 is 0. The van der Waals surface area contributed by atoms with E-state index < -0.39 is 18.0 Å². The first-order valence-electron chi connectivity index (χ1n) is 4.26. The summed E-state index contributed by atoms with van der Waals surface area (Å²) in [5.41, 5.74) is -0.866. The number of hydrogen-bond acceptors (Lipinski definition) is 1. The van der Waals surface area contributed by atoms with Crippen LogP contribution in [-0.4, -0.2) is 10.1 Å². The average molecular weight is 227 g/mol. The molecular weight excluding hydrogens is 219 g/mol. The van der Waals surface area contributed by atoms with Gasteiger partial charge in [0.05, 0.1) is 0 Å². The highest BCUT2D eigenvalue weighted by Crippen LogP contribution is 2.32. The average Bonchev–Trinajstić information content (AvgIpc) is 2.61. The van der Waals surface area contributed by atoms with E-state index >= 15 is 0 Å². The van der Waals surface area contributed by atoms with Gasteiger partial charge >= 0.3 is 6.18 Å². The second-order valence-corrected chi connectivity index (χ2v) is 3.06. The fraction of sp³-hybridized carbons (Fsp3) is 0.273. The smallest absolute Gasteiger partial charge is 0.376 e. The number of aliphatic hydroxyl groups excluding tert-OH is 1. The van der Waals surface area contributed by atoms with Gasteiger partial charge in [0.2, 0.25) is 0 Å². The molecule has 1 heterocycles. The highest BCUT2D eigenvalue weighted by atomic mass is 19.4. The van der Waals surface area contributed by atoms with Crippen LogP contribution in [0, 0.1) is 24.7 Å². The number of rotatable bonds is 2. The molecule has 0 aliphatic carbocycles. The molecule has 1 atom stereocenters. The highest BCUT2D eigenvalue weighted by Gasteiger charge is 2.34. The Labute approximate surface area is 90.5 Å². The lowest BCUT2D eigenvalue weighted by Crippen LogP contribution is -2.05. The van der Waals surface area contributed by atoms with Crippen molar-refractivity contribution < 1.29 is 18.3 Å². The number of H-pyrrole nitrogens is 1. The molecule has 0 radical (unpaired) electrons. The number of aromatic amines is 1. The molecule has 5 heteroatoms. The van der Waals surface area contributed by atoms with Crippen molar-refractivity contribution in [3.05, 3.63) is 23.0 Å². The first kappa shape index (κ1) is 12.2. The van der Waals surface area contributed by atoms with Crippen LogP contribution in [0.2, 0.25) is 0 Å². The summed E-state index contributed by atoms with van der Waals surface area (Å²) in [6, 6.07) is 0.775. The minimum absolute atomic E-state index is 0.00669. The molecule has 2 N–H and O–H groups in total. The number of aliphatic hydroxyl groups is 1. The molecule has 0 spiro atoms. The molecule has 16 heavy (non-hydrogen) atoms. The number of hydrogen-bond donors (Lipinski definition) is 2. The van der Waals surface area contributed by atoms with Crippen molar-refractivity contribution in [2.24, 2.45) is 0 Å². The van der Waals surface area contributed by atoms with Gasteiger partial charge in [0.1, 0.15) is 11.8 Å². The van der Waals surface area contributed by atoms with Gasteiger partial charge < -0.3 is 10.1 Å². The molecule has 84 valence electrons. The minimum Gasteiger partial charge on any atom is -0.376 e. The van der Waals surface area contributed by atoms with Crippen LogP contribution in [0.15, 0.2) is 6.07 Å². The molecule has 2 nitrogen and oxygen atoms in total. The Kier molecular flexibility index (Phi) is 3.31. The van der Waals surface area contributed by atoms with E-state index in [0.29, 0.717) is 0 Å². The van der Waals surface area contributed by atoms with Crippen LogP contribution < -0.4 is 0 Å². The number of terminal acetylenes is 2. The maximum Gasteiger partial charge on any atom is 0.431 e. The zero-order valence-electron chi connectivity index (χ0n) is 8.10. The molecule has 0 aromatic carbocycles. The predicted octanol–water partition coefficient (Wildman–Crippen LogP) is 1.88. The first-order chi connectivity index (χ1) is 7.40. The topological polar surface area (TPSA) is 36.0 Å². The van der Waals surface area contributed by atoms with Gasteiger partial charge in [-0.15, -0.1) is 18.8 Å². The Balaban J connectivity index is 3.22. The molecular formula is C11H8F3NO. The quantitative estimate of drug-likeness (QED) is 0.743. The third kappa shape index (κ3) is 2.39. The van der Waals surface area contributed by atoms with E-state index in [2.05, 4.69) is 10.9 Å². The van der Waals surface area contributed by atoms with Crippen molar-refractivity contribution >= 4 is 0 Å². The summed E-state index contributed by atoms with van der Waals surface area (Å²) in [6.45, 7) is 0. The van der Waals surface area contributed by atoms with Gasteiger partial charge in [-0.3, -0.25) is 0 Å². The van der Waals surface area contributed by atoms with Gasteiger partial charge in [-0.1, -0.05) is 5.92 Å². The van der Waals surface area contributed by atoms with Crippen LogP contribution in [-0.2, 0) is 12.6 Å². The first-order valence-corrected chi connectivity index (χ1v) is 4.26. The molecule has 0 bridgehead atoms. The van der Waals surface area contributed by atoms with Crippen molar-refractivity contribution in [1.29, 1.82) is 0 Å². The van der Waals surface area contributed by atoms with Crippen molar-refractivity contribution in [3.63, 3.8) is 0 Å². The van der Waals surface area contributed by atoms with Gasteiger partial charge in [0.25, 0.3) is 0 Å². The van der Waals surface area contributed by atoms with Gasteiger partial charge in [-0.05, 0) is 6.07 Å². The molecule has 1 aromatic rings. The zero-order valence-corrected chi connectivity index (χ0v) is 8.10. The van der Waals surface area contributed by atoms with Crippen molar-refractivity contribution in [1.82, 2.24) is 4.98 Å². The van der Waals surface area contributed by atoms with E-state index in [4.69, 9.17) is 12.8 Å². The summed E-state index contributed by atoms with van der Waals surface area (Å²) in [4.78, 5) is 2.11. The number of nitrogens with one attached hydrogen (secondary N) is 1. The molecule has 0 fully saturated rings. The second-order valence-electron chi connectivity index (χ2n) is 3.06. The van der Waals surface area contributed by atoms with E-state index in [1.54, 1.807) is 0 Å². The largest absolute Gasteiger partial charge is 0.431 e. The maximum absolute atomic E-state index is 12.4. The van der Waals surface area contributed by atoms with Crippen molar-refractivity contribution in [3.8, 4) is 24.7 Å². The molecule has 0 aliphatic heterocycles. The lowest BCUT2D eigenvalue weighted by atomic mass is 10.1. The van der Waals surface area contributed by atoms with E-state index in [9.17, 15) is 18.3 Å². The summed E-state index contributed by atoms with van der Waals surface area (Å²) in [7, 11) is 0. The molecule has 0 saturated carbocycles. The van der Waals surface area contributed by atoms with Crippen LogP contribution >= 0.6 is 0 Å². The molecule has 0 aliphatic rings. The third-order valence-electron chi connectivity index (χ3n) is 1.97. The third-order valence-corrected chi connectivity index (χ3v) is 1.97. The van der Waals surface area contributed by atoms with E-state index in [-0.39, 0.29) is 17.7 Å².